The summed E-state index contributed by atoms with van der Waals surface area (Å²) in [6.45, 7) is 4.60. The Kier molecular flexibility index (Phi) is 4.60. The highest BCUT2D eigenvalue weighted by Gasteiger charge is 2.22. The number of hydrogen-bond donors (Lipinski definition) is 1. The number of amides is 1. The summed E-state index contributed by atoms with van der Waals surface area (Å²) >= 11 is 3.37. The van der Waals surface area contributed by atoms with E-state index in [1.165, 1.54) is 0 Å². The smallest absolute Gasteiger partial charge is 0.260 e. The highest BCUT2D eigenvalue weighted by atomic mass is 79.9. The molecule has 1 aromatic carbocycles. The molecule has 1 aliphatic rings. The third kappa shape index (κ3) is 3.46. The largest absolute Gasteiger partial charge is 0.484 e. The minimum Gasteiger partial charge on any atom is -0.484 e. The second-order valence-corrected chi connectivity index (χ2v) is 5.30. The van der Waals surface area contributed by atoms with Crippen LogP contribution >= 0.6 is 15.9 Å². The third-order valence-electron chi connectivity index (χ3n) is 2.98. The molecular weight excluding hydrogens is 296 g/mol. The van der Waals surface area contributed by atoms with Gasteiger partial charge in [0.1, 0.15) is 5.75 Å². The van der Waals surface area contributed by atoms with E-state index < -0.39 is 0 Å². The first kappa shape index (κ1) is 13.4. The Morgan fingerprint density at radius 3 is 3.17 bits per heavy atom. The topological polar surface area (TPSA) is 41.6 Å². The monoisotopic (exact) mass is 312 g/mol. The van der Waals surface area contributed by atoms with Crippen molar-refractivity contribution in [3.63, 3.8) is 0 Å². The zero-order chi connectivity index (χ0) is 13.0. The summed E-state index contributed by atoms with van der Waals surface area (Å²) in [5, 5.41) is 3.26. The molecule has 0 unspecified atom stereocenters. The van der Waals surface area contributed by atoms with E-state index in [2.05, 4.69) is 21.2 Å². The van der Waals surface area contributed by atoms with Crippen molar-refractivity contribution in [2.75, 3.05) is 26.2 Å². The molecule has 0 aromatic heterocycles. The third-order valence-corrected chi connectivity index (χ3v) is 3.47. The maximum Gasteiger partial charge on any atom is 0.260 e. The molecule has 1 heterocycles. The summed E-state index contributed by atoms with van der Waals surface area (Å²) < 4.78 is 6.46. The molecule has 0 saturated carbocycles. The summed E-state index contributed by atoms with van der Waals surface area (Å²) in [4.78, 5) is 13.9. The van der Waals surface area contributed by atoms with E-state index >= 15 is 0 Å². The van der Waals surface area contributed by atoms with Crippen LogP contribution in [0.25, 0.3) is 0 Å². The SMILES string of the molecule is C[C@H]1CNCCN1C(=O)COc1cccc(Br)c1. The summed E-state index contributed by atoms with van der Waals surface area (Å²) in [7, 11) is 0. The normalized spacial score (nSPS) is 19.7. The molecule has 1 amide bonds. The van der Waals surface area contributed by atoms with Crippen LogP contribution in [0.2, 0.25) is 0 Å². The number of piperazine rings is 1. The highest BCUT2D eigenvalue weighted by molar-refractivity contribution is 9.10. The van der Waals surface area contributed by atoms with Gasteiger partial charge < -0.3 is 15.0 Å². The predicted octanol–water partition coefficient (Wildman–Crippen LogP) is 1.65. The van der Waals surface area contributed by atoms with Gasteiger partial charge in [-0.15, -0.1) is 0 Å². The maximum absolute atomic E-state index is 12.0. The first-order valence-electron chi connectivity index (χ1n) is 6.05. The first-order chi connectivity index (χ1) is 8.66. The van der Waals surface area contributed by atoms with E-state index in [1.807, 2.05) is 36.1 Å². The molecular formula is C13H17BrN2O2. The molecule has 1 fully saturated rings. The number of halogens is 1. The molecule has 1 aliphatic heterocycles. The first-order valence-corrected chi connectivity index (χ1v) is 6.84. The quantitative estimate of drug-likeness (QED) is 0.922. The van der Waals surface area contributed by atoms with Crippen LogP contribution in [0, 0.1) is 0 Å². The Morgan fingerprint density at radius 1 is 1.61 bits per heavy atom. The van der Waals surface area contributed by atoms with Gasteiger partial charge in [0.15, 0.2) is 6.61 Å². The van der Waals surface area contributed by atoms with Gasteiger partial charge in [-0.2, -0.15) is 0 Å². The van der Waals surface area contributed by atoms with Crippen LogP contribution in [0.4, 0.5) is 0 Å². The van der Waals surface area contributed by atoms with Crippen LogP contribution in [0.15, 0.2) is 28.7 Å². The van der Waals surface area contributed by atoms with E-state index in [0.29, 0.717) is 5.75 Å². The van der Waals surface area contributed by atoms with Crippen LogP contribution < -0.4 is 10.1 Å². The second-order valence-electron chi connectivity index (χ2n) is 4.39. The second kappa shape index (κ2) is 6.20. The number of carbonyl (C=O) groups is 1. The maximum atomic E-state index is 12.0. The van der Waals surface area contributed by atoms with E-state index in [-0.39, 0.29) is 18.6 Å². The zero-order valence-corrected chi connectivity index (χ0v) is 11.9. The molecule has 0 aliphatic carbocycles. The molecule has 4 nitrogen and oxygen atoms in total. The van der Waals surface area contributed by atoms with Gasteiger partial charge in [-0.05, 0) is 25.1 Å². The molecule has 5 heteroatoms. The average molecular weight is 313 g/mol. The molecule has 0 radical (unpaired) electrons. The average Bonchev–Trinajstić information content (AvgIpc) is 2.37. The lowest BCUT2D eigenvalue weighted by atomic mass is 10.2. The molecule has 1 N–H and O–H groups in total. The van der Waals surface area contributed by atoms with Gasteiger partial charge in [0.2, 0.25) is 0 Å². The van der Waals surface area contributed by atoms with E-state index in [1.54, 1.807) is 0 Å². The van der Waals surface area contributed by atoms with Crippen LogP contribution in [0.5, 0.6) is 5.75 Å². The Labute approximate surface area is 115 Å². The fourth-order valence-electron chi connectivity index (χ4n) is 2.00. The molecule has 0 bridgehead atoms. The van der Waals surface area contributed by atoms with Gasteiger partial charge in [0.25, 0.3) is 5.91 Å². The Balaban J connectivity index is 1.88. The van der Waals surface area contributed by atoms with Gasteiger partial charge >= 0.3 is 0 Å². The summed E-state index contributed by atoms with van der Waals surface area (Å²) in [5.41, 5.74) is 0. The number of nitrogens with zero attached hydrogens (tertiary/aromatic N) is 1. The summed E-state index contributed by atoms with van der Waals surface area (Å²) in [6, 6.07) is 7.75. The minimum absolute atomic E-state index is 0.0453. The van der Waals surface area contributed by atoms with Gasteiger partial charge in [-0.1, -0.05) is 22.0 Å². The Bertz CT molecular complexity index is 425. The molecule has 0 spiro atoms. The molecule has 18 heavy (non-hydrogen) atoms. The lowest BCUT2D eigenvalue weighted by molar-refractivity contribution is -0.136. The van der Waals surface area contributed by atoms with Crippen LogP contribution in [0.3, 0.4) is 0 Å². The van der Waals surface area contributed by atoms with Crippen molar-refractivity contribution in [2.45, 2.75) is 13.0 Å². The number of nitrogens with one attached hydrogen (secondary N) is 1. The molecule has 2 rings (SSSR count). The van der Waals surface area contributed by atoms with Gasteiger partial charge in [0, 0.05) is 30.1 Å². The van der Waals surface area contributed by atoms with Crippen LogP contribution in [-0.4, -0.2) is 43.1 Å². The van der Waals surface area contributed by atoms with Gasteiger partial charge in [-0.25, -0.2) is 0 Å². The molecule has 1 atom stereocenters. The van der Waals surface area contributed by atoms with Crippen molar-refractivity contribution >= 4 is 21.8 Å². The fourth-order valence-corrected chi connectivity index (χ4v) is 2.37. The number of hydrogen-bond acceptors (Lipinski definition) is 3. The van der Waals surface area contributed by atoms with E-state index in [9.17, 15) is 4.79 Å². The number of carbonyl (C=O) groups excluding carboxylic acids is 1. The van der Waals surface area contributed by atoms with Crippen LogP contribution in [0.1, 0.15) is 6.92 Å². The van der Waals surface area contributed by atoms with Crippen molar-refractivity contribution in [3.8, 4) is 5.75 Å². The van der Waals surface area contributed by atoms with Gasteiger partial charge in [-0.3, -0.25) is 4.79 Å². The van der Waals surface area contributed by atoms with Crippen LogP contribution in [-0.2, 0) is 4.79 Å². The minimum atomic E-state index is 0.0453. The van der Waals surface area contributed by atoms with Crippen molar-refractivity contribution in [2.24, 2.45) is 0 Å². The van der Waals surface area contributed by atoms with Gasteiger partial charge in [0.05, 0.1) is 0 Å². The molecule has 1 aromatic rings. The van der Waals surface area contributed by atoms with Crippen molar-refractivity contribution in [1.29, 1.82) is 0 Å². The lowest BCUT2D eigenvalue weighted by Crippen LogP contribution is -2.53. The summed E-state index contributed by atoms with van der Waals surface area (Å²) in [6.07, 6.45) is 0. The number of ether oxygens (including phenoxy) is 1. The number of benzene rings is 1. The Morgan fingerprint density at radius 2 is 2.44 bits per heavy atom. The highest BCUT2D eigenvalue weighted by Crippen LogP contribution is 2.17. The number of rotatable bonds is 3. The molecule has 98 valence electrons. The lowest BCUT2D eigenvalue weighted by Gasteiger charge is -2.33. The fraction of sp³-hybridized carbons (Fsp3) is 0.462. The van der Waals surface area contributed by atoms with E-state index in [4.69, 9.17) is 4.74 Å². The zero-order valence-electron chi connectivity index (χ0n) is 10.4. The predicted molar refractivity (Wildman–Crippen MR) is 73.7 cm³/mol. The standard InChI is InChI=1S/C13H17BrN2O2/c1-10-8-15-5-6-16(10)13(17)9-18-12-4-2-3-11(14)7-12/h2-4,7,10,15H,5-6,8-9H2,1H3/t10-/m0/s1. The Hall–Kier alpha value is -1.07. The van der Waals surface area contributed by atoms with Crippen molar-refractivity contribution in [3.05, 3.63) is 28.7 Å². The molecule has 1 saturated heterocycles. The van der Waals surface area contributed by atoms with Crippen molar-refractivity contribution < 1.29 is 9.53 Å². The summed E-state index contributed by atoms with van der Waals surface area (Å²) in [5.74, 6) is 0.754. The van der Waals surface area contributed by atoms with E-state index in [0.717, 1.165) is 24.1 Å². The van der Waals surface area contributed by atoms with Crippen molar-refractivity contribution in [1.82, 2.24) is 10.2 Å².